The molecular formula is C23H27N5O3. The minimum Gasteiger partial charge on any atom is -0.378 e. The molecule has 0 atom stereocenters. The smallest absolute Gasteiger partial charge is 0.267 e. The number of carbonyl (C=O) groups excluding carboxylic acids is 1. The first-order chi connectivity index (χ1) is 15.1. The van der Waals surface area contributed by atoms with E-state index in [4.69, 9.17) is 9.72 Å². The zero-order chi connectivity index (χ0) is 21.8. The van der Waals surface area contributed by atoms with E-state index in [1.165, 1.54) is 16.9 Å². The number of hydrogen-bond acceptors (Lipinski definition) is 6. The highest BCUT2D eigenvalue weighted by Crippen LogP contribution is 2.22. The van der Waals surface area contributed by atoms with Crippen LogP contribution in [0.15, 0.2) is 28.7 Å². The molecule has 1 saturated carbocycles. The molecule has 31 heavy (non-hydrogen) atoms. The van der Waals surface area contributed by atoms with Crippen LogP contribution in [0.2, 0.25) is 0 Å². The Morgan fingerprint density at radius 2 is 2.03 bits per heavy atom. The molecule has 1 aliphatic carbocycles. The molecule has 0 aromatic carbocycles. The third kappa shape index (κ3) is 4.47. The SMILES string of the molecule is Cc1cccn2c(=O)c(C=C(C#N)C(=O)NC3CCCCC3)c(N3CCOCC3)nc12. The van der Waals surface area contributed by atoms with Gasteiger partial charge in [0.25, 0.3) is 11.5 Å². The van der Waals surface area contributed by atoms with Gasteiger partial charge in [0.05, 0.1) is 18.8 Å². The predicted octanol–water partition coefficient (Wildman–Crippen LogP) is 2.20. The second kappa shape index (κ2) is 9.31. The fraction of sp³-hybridized carbons (Fsp3) is 0.478. The van der Waals surface area contributed by atoms with Crippen LogP contribution < -0.4 is 15.8 Å². The van der Waals surface area contributed by atoms with Gasteiger partial charge in [-0.15, -0.1) is 0 Å². The largest absolute Gasteiger partial charge is 0.378 e. The number of aromatic nitrogens is 2. The van der Waals surface area contributed by atoms with Gasteiger partial charge in [-0.2, -0.15) is 5.26 Å². The number of fused-ring (bicyclic) bond motifs is 1. The summed E-state index contributed by atoms with van der Waals surface area (Å²) in [4.78, 5) is 32.9. The molecule has 2 aromatic heterocycles. The zero-order valence-corrected chi connectivity index (χ0v) is 17.8. The number of nitriles is 1. The van der Waals surface area contributed by atoms with Gasteiger partial charge in [0, 0.05) is 25.3 Å². The Labute approximate surface area is 181 Å². The Morgan fingerprint density at radius 1 is 1.29 bits per heavy atom. The summed E-state index contributed by atoms with van der Waals surface area (Å²) >= 11 is 0. The molecule has 162 valence electrons. The van der Waals surface area contributed by atoms with E-state index in [-0.39, 0.29) is 22.7 Å². The molecule has 1 amide bonds. The van der Waals surface area contributed by atoms with E-state index >= 15 is 0 Å². The van der Waals surface area contributed by atoms with E-state index in [1.807, 2.05) is 24.0 Å². The Hall–Kier alpha value is -3.18. The normalized spacial score (nSPS) is 18.1. The third-order valence-corrected chi connectivity index (χ3v) is 5.97. The van der Waals surface area contributed by atoms with E-state index in [0.29, 0.717) is 37.8 Å². The molecule has 2 aliphatic rings. The number of hydrogen-bond donors (Lipinski definition) is 1. The van der Waals surface area contributed by atoms with Crippen molar-refractivity contribution in [2.24, 2.45) is 0 Å². The van der Waals surface area contributed by atoms with Gasteiger partial charge in [-0.05, 0) is 37.5 Å². The minimum atomic E-state index is -0.434. The standard InChI is InChI=1S/C23H27N5O3/c1-16-6-5-9-28-20(16)26-21(27-10-12-31-13-11-27)19(23(28)30)14-17(15-24)22(29)25-18-7-3-2-4-8-18/h5-6,9,14,18H,2-4,7-8,10-13H2,1H3,(H,25,29). The summed E-state index contributed by atoms with van der Waals surface area (Å²) in [5, 5.41) is 12.7. The summed E-state index contributed by atoms with van der Waals surface area (Å²) in [6.07, 6.45) is 8.22. The first kappa shape index (κ1) is 21.1. The van der Waals surface area contributed by atoms with Gasteiger partial charge in [-0.25, -0.2) is 4.98 Å². The average Bonchev–Trinajstić information content (AvgIpc) is 2.80. The van der Waals surface area contributed by atoms with E-state index in [1.54, 1.807) is 12.3 Å². The number of rotatable bonds is 4. The van der Waals surface area contributed by atoms with Crippen LogP contribution in [0.4, 0.5) is 5.82 Å². The predicted molar refractivity (Wildman–Crippen MR) is 118 cm³/mol. The second-order valence-corrected chi connectivity index (χ2v) is 8.12. The maximum Gasteiger partial charge on any atom is 0.267 e. The summed E-state index contributed by atoms with van der Waals surface area (Å²) in [5.74, 6) is 0.0527. The molecule has 0 spiro atoms. The lowest BCUT2D eigenvalue weighted by molar-refractivity contribution is -0.117. The monoisotopic (exact) mass is 421 g/mol. The molecule has 1 saturated heterocycles. The molecule has 4 rings (SSSR count). The van der Waals surface area contributed by atoms with Crippen LogP contribution in [0.5, 0.6) is 0 Å². The molecule has 1 aliphatic heterocycles. The van der Waals surface area contributed by atoms with Crippen molar-refractivity contribution in [3.05, 3.63) is 45.4 Å². The lowest BCUT2D eigenvalue weighted by Crippen LogP contribution is -2.39. The molecule has 2 aromatic rings. The van der Waals surface area contributed by atoms with Gasteiger partial charge in [-0.3, -0.25) is 14.0 Å². The van der Waals surface area contributed by atoms with Crippen LogP contribution in [-0.4, -0.2) is 47.6 Å². The second-order valence-electron chi connectivity index (χ2n) is 8.12. The van der Waals surface area contributed by atoms with E-state index in [2.05, 4.69) is 5.32 Å². The number of nitrogens with one attached hydrogen (secondary N) is 1. The van der Waals surface area contributed by atoms with Gasteiger partial charge in [0.15, 0.2) is 0 Å². The number of carbonyl (C=O) groups is 1. The number of amides is 1. The molecule has 8 nitrogen and oxygen atoms in total. The topological polar surface area (TPSA) is 99.7 Å². The summed E-state index contributed by atoms with van der Waals surface area (Å²) in [7, 11) is 0. The van der Waals surface area contributed by atoms with Crippen LogP contribution in [0.1, 0.15) is 43.2 Å². The number of anilines is 1. The van der Waals surface area contributed by atoms with Gasteiger partial charge >= 0.3 is 0 Å². The summed E-state index contributed by atoms with van der Waals surface area (Å²) in [5.41, 5.74) is 1.32. The Balaban J connectivity index is 1.78. The summed E-state index contributed by atoms with van der Waals surface area (Å²) < 4.78 is 6.91. The number of nitrogens with zero attached hydrogens (tertiary/aromatic N) is 4. The van der Waals surface area contributed by atoms with Gasteiger partial charge in [-0.1, -0.05) is 25.3 Å². The van der Waals surface area contributed by atoms with E-state index in [9.17, 15) is 14.9 Å². The number of pyridine rings is 1. The van der Waals surface area contributed by atoms with Crippen molar-refractivity contribution in [2.75, 3.05) is 31.2 Å². The Kier molecular flexibility index (Phi) is 6.33. The molecule has 2 fully saturated rings. The maximum atomic E-state index is 13.4. The van der Waals surface area contributed by atoms with Crippen LogP contribution in [0.3, 0.4) is 0 Å². The van der Waals surface area contributed by atoms with Crippen molar-refractivity contribution in [3.8, 4) is 6.07 Å². The van der Waals surface area contributed by atoms with Crippen LogP contribution >= 0.6 is 0 Å². The fourth-order valence-corrected chi connectivity index (χ4v) is 4.25. The lowest BCUT2D eigenvalue weighted by Gasteiger charge is -2.29. The fourth-order valence-electron chi connectivity index (χ4n) is 4.25. The highest BCUT2D eigenvalue weighted by molar-refractivity contribution is 6.02. The summed E-state index contributed by atoms with van der Waals surface area (Å²) in [6.45, 7) is 4.15. The average molecular weight is 422 g/mol. The van der Waals surface area contributed by atoms with E-state index < -0.39 is 5.91 Å². The van der Waals surface area contributed by atoms with Crippen molar-refractivity contribution in [1.29, 1.82) is 5.26 Å². The van der Waals surface area contributed by atoms with Crippen molar-refractivity contribution >= 4 is 23.4 Å². The number of aryl methyl sites for hydroxylation is 1. The van der Waals surface area contributed by atoms with Crippen molar-refractivity contribution in [1.82, 2.24) is 14.7 Å². The summed E-state index contributed by atoms with van der Waals surface area (Å²) in [6, 6.07) is 5.75. The molecule has 0 bridgehead atoms. The first-order valence-corrected chi connectivity index (χ1v) is 10.9. The highest BCUT2D eigenvalue weighted by atomic mass is 16.5. The van der Waals surface area contributed by atoms with Gasteiger partial charge in [0.2, 0.25) is 0 Å². The molecule has 0 unspecified atom stereocenters. The third-order valence-electron chi connectivity index (χ3n) is 5.97. The Bertz CT molecular complexity index is 1100. The van der Waals surface area contributed by atoms with Gasteiger partial charge < -0.3 is 15.0 Å². The van der Waals surface area contributed by atoms with Crippen molar-refractivity contribution in [3.63, 3.8) is 0 Å². The quantitative estimate of drug-likeness (QED) is 0.600. The molecule has 8 heteroatoms. The molecule has 0 radical (unpaired) electrons. The molecular weight excluding hydrogens is 394 g/mol. The van der Waals surface area contributed by atoms with Crippen molar-refractivity contribution in [2.45, 2.75) is 45.1 Å². The first-order valence-electron chi connectivity index (χ1n) is 10.9. The Morgan fingerprint density at radius 3 is 2.74 bits per heavy atom. The number of morpholine rings is 1. The minimum absolute atomic E-state index is 0.0772. The zero-order valence-electron chi connectivity index (χ0n) is 17.8. The molecule has 1 N–H and O–H groups in total. The number of ether oxygens (including phenoxy) is 1. The maximum absolute atomic E-state index is 13.4. The van der Waals surface area contributed by atoms with Gasteiger partial charge in [0.1, 0.15) is 23.1 Å². The highest BCUT2D eigenvalue weighted by Gasteiger charge is 2.23. The van der Waals surface area contributed by atoms with Crippen LogP contribution in [0.25, 0.3) is 11.7 Å². The van der Waals surface area contributed by atoms with Crippen LogP contribution in [-0.2, 0) is 9.53 Å². The molecule has 3 heterocycles. The van der Waals surface area contributed by atoms with E-state index in [0.717, 1.165) is 31.2 Å². The van der Waals surface area contributed by atoms with Crippen LogP contribution in [0, 0.1) is 18.3 Å². The van der Waals surface area contributed by atoms with Crippen molar-refractivity contribution < 1.29 is 9.53 Å². The lowest BCUT2D eigenvalue weighted by atomic mass is 9.95.